The number of piperazine rings is 1. The van der Waals surface area contributed by atoms with Crippen LogP contribution in [0.4, 0.5) is 11.5 Å². The molecule has 1 spiro atoms. The zero-order valence-electron chi connectivity index (χ0n) is 27.3. The fraction of sp³-hybridized carbons (Fsp3) is 0.514. The van der Waals surface area contributed by atoms with E-state index in [1.54, 1.807) is 4.90 Å². The predicted octanol–water partition coefficient (Wildman–Crippen LogP) is 5.65. The van der Waals surface area contributed by atoms with Crippen molar-refractivity contribution in [3.63, 3.8) is 0 Å². The number of nitrogens with zero attached hydrogens (tertiary/aromatic N) is 7. The second kappa shape index (κ2) is 13.3. The van der Waals surface area contributed by atoms with Gasteiger partial charge in [0.15, 0.2) is 0 Å². The van der Waals surface area contributed by atoms with E-state index in [0.29, 0.717) is 38.3 Å². The first kappa shape index (κ1) is 31.7. The van der Waals surface area contributed by atoms with Crippen LogP contribution >= 0.6 is 11.6 Å². The van der Waals surface area contributed by atoms with Gasteiger partial charge >= 0.3 is 6.01 Å². The number of piperidine rings is 1. The molecule has 1 amide bonds. The molecule has 1 aliphatic carbocycles. The lowest BCUT2D eigenvalue weighted by Gasteiger charge is -2.46. The van der Waals surface area contributed by atoms with E-state index in [-0.39, 0.29) is 23.8 Å². The Morgan fingerprint density at radius 1 is 1.09 bits per heavy atom. The summed E-state index contributed by atoms with van der Waals surface area (Å²) in [6.07, 6.45) is 8.97. The van der Waals surface area contributed by atoms with Crippen LogP contribution < -0.4 is 14.5 Å². The van der Waals surface area contributed by atoms with Crippen molar-refractivity contribution in [2.45, 2.75) is 63.5 Å². The maximum absolute atomic E-state index is 12.6. The predicted molar refractivity (Wildman–Crippen MR) is 186 cm³/mol. The maximum atomic E-state index is 12.6. The van der Waals surface area contributed by atoms with Crippen LogP contribution in [0.5, 0.6) is 6.01 Å². The molecule has 10 heteroatoms. The Bertz CT molecular complexity index is 1690. The average molecular weight is 654 g/mol. The Balaban J connectivity index is 1.15. The number of ether oxygens (including phenoxy) is 1. The van der Waals surface area contributed by atoms with E-state index in [1.807, 2.05) is 12.1 Å². The number of amides is 1. The van der Waals surface area contributed by atoms with Crippen LogP contribution in [0, 0.1) is 16.7 Å². The number of carbonyl (C=O) groups is 1. The lowest BCUT2D eigenvalue weighted by molar-refractivity contribution is -0.128. The summed E-state index contributed by atoms with van der Waals surface area (Å²) in [7, 11) is 2.15. The van der Waals surface area contributed by atoms with E-state index in [0.717, 1.165) is 80.1 Å². The fourth-order valence-electron chi connectivity index (χ4n) is 8.34. The Labute approximate surface area is 282 Å². The van der Waals surface area contributed by atoms with Crippen LogP contribution in [0.15, 0.2) is 49.1 Å². The van der Waals surface area contributed by atoms with Gasteiger partial charge in [0.2, 0.25) is 5.91 Å². The SMILES string of the molecule is C=CC(=O)N1CCN(c2nc(OCC3CCCN3C)nc3c2CCC2(CCN(c4cccc5cccc(Cl)c45)CC2)C3)CC1CC#N. The minimum atomic E-state index is -0.219. The molecule has 0 N–H and O–H groups in total. The Kier molecular flexibility index (Phi) is 8.99. The summed E-state index contributed by atoms with van der Waals surface area (Å²) in [5.41, 5.74) is 3.69. The molecule has 1 aromatic heterocycles. The first-order valence-corrected chi connectivity index (χ1v) is 17.5. The van der Waals surface area contributed by atoms with Crippen molar-refractivity contribution >= 4 is 39.8 Å². The normalized spacial score (nSPS) is 22.7. The zero-order valence-corrected chi connectivity index (χ0v) is 28.1. The largest absolute Gasteiger partial charge is 0.462 e. The number of hydrogen-bond acceptors (Lipinski definition) is 8. The molecule has 3 fully saturated rings. The summed E-state index contributed by atoms with van der Waals surface area (Å²) in [5.74, 6) is 0.787. The van der Waals surface area contributed by atoms with Gasteiger partial charge < -0.3 is 24.3 Å². The third kappa shape index (κ3) is 6.26. The number of halogens is 1. The van der Waals surface area contributed by atoms with E-state index in [2.05, 4.69) is 58.7 Å². The highest BCUT2D eigenvalue weighted by atomic mass is 35.5. The second-order valence-corrected chi connectivity index (χ2v) is 14.2. The molecule has 0 saturated carbocycles. The molecule has 4 aliphatic rings. The van der Waals surface area contributed by atoms with Gasteiger partial charge in [0, 0.05) is 55.4 Å². The third-order valence-electron chi connectivity index (χ3n) is 11.1. The minimum Gasteiger partial charge on any atom is -0.462 e. The van der Waals surface area contributed by atoms with Crippen molar-refractivity contribution in [3.8, 4) is 12.1 Å². The topological polar surface area (TPSA) is 88.8 Å². The number of rotatable bonds is 7. The third-order valence-corrected chi connectivity index (χ3v) is 11.5. The van der Waals surface area contributed by atoms with Gasteiger partial charge in [0.1, 0.15) is 12.4 Å². The van der Waals surface area contributed by atoms with Gasteiger partial charge in [-0.05, 0) is 87.5 Å². The van der Waals surface area contributed by atoms with Crippen molar-refractivity contribution in [1.29, 1.82) is 5.26 Å². The van der Waals surface area contributed by atoms with Gasteiger partial charge in [0.25, 0.3) is 0 Å². The van der Waals surface area contributed by atoms with Crippen molar-refractivity contribution in [3.05, 3.63) is 65.3 Å². The van der Waals surface area contributed by atoms with Crippen molar-refractivity contribution in [2.75, 3.05) is 62.7 Å². The minimum absolute atomic E-state index is 0.127. The highest BCUT2D eigenvalue weighted by Gasteiger charge is 2.41. The molecule has 2 aromatic carbocycles. The zero-order chi connectivity index (χ0) is 32.5. The first-order chi connectivity index (χ1) is 22.9. The molecule has 0 bridgehead atoms. The van der Waals surface area contributed by atoms with Crippen LogP contribution in [-0.2, 0) is 17.6 Å². The number of likely N-dealkylation sites (tertiary alicyclic amines) is 1. The maximum Gasteiger partial charge on any atom is 0.318 e. The summed E-state index contributed by atoms with van der Waals surface area (Å²) >= 11 is 6.71. The molecule has 2 atom stereocenters. The van der Waals surface area contributed by atoms with Crippen LogP contribution in [-0.4, -0.2) is 90.7 Å². The van der Waals surface area contributed by atoms with Crippen molar-refractivity contribution in [2.24, 2.45) is 5.41 Å². The molecule has 3 saturated heterocycles. The van der Waals surface area contributed by atoms with Crippen molar-refractivity contribution < 1.29 is 9.53 Å². The number of carbonyl (C=O) groups excluding carboxylic acids is 1. The summed E-state index contributed by atoms with van der Waals surface area (Å²) < 4.78 is 6.37. The van der Waals surface area contributed by atoms with Crippen LogP contribution in [0.25, 0.3) is 10.8 Å². The van der Waals surface area contributed by atoms with Crippen LogP contribution in [0.2, 0.25) is 5.02 Å². The molecule has 3 aliphatic heterocycles. The lowest BCUT2D eigenvalue weighted by Crippen LogP contribution is -2.55. The molecule has 246 valence electrons. The smallest absolute Gasteiger partial charge is 0.318 e. The van der Waals surface area contributed by atoms with E-state index in [9.17, 15) is 10.1 Å². The van der Waals surface area contributed by atoms with E-state index in [4.69, 9.17) is 26.3 Å². The number of fused-ring (bicyclic) bond motifs is 2. The highest BCUT2D eigenvalue weighted by Crippen LogP contribution is 2.47. The summed E-state index contributed by atoms with van der Waals surface area (Å²) in [6.45, 7) is 9.01. The molecule has 4 heterocycles. The van der Waals surface area contributed by atoms with Gasteiger partial charge in [0.05, 0.1) is 29.2 Å². The van der Waals surface area contributed by atoms with Gasteiger partial charge in [-0.15, -0.1) is 0 Å². The van der Waals surface area contributed by atoms with Gasteiger partial charge in [-0.2, -0.15) is 15.2 Å². The van der Waals surface area contributed by atoms with Gasteiger partial charge in [-0.25, -0.2) is 0 Å². The molecule has 2 unspecified atom stereocenters. The fourth-order valence-corrected chi connectivity index (χ4v) is 8.62. The molecule has 47 heavy (non-hydrogen) atoms. The average Bonchev–Trinajstić information content (AvgIpc) is 3.51. The molecule has 0 radical (unpaired) electrons. The monoisotopic (exact) mass is 653 g/mol. The molecule has 7 rings (SSSR count). The molecular weight excluding hydrogens is 610 g/mol. The molecule has 9 nitrogen and oxygen atoms in total. The van der Waals surface area contributed by atoms with Crippen molar-refractivity contribution in [1.82, 2.24) is 19.8 Å². The quantitative estimate of drug-likeness (QED) is 0.303. The summed E-state index contributed by atoms with van der Waals surface area (Å²) in [5, 5.41) is 12.7. The Hall–Kier alpha value is -3.87. The number of hydrogen-bond donors (Lipinski definition) is 0. The molecule has 3 aromatic rings. The van der Waals surface area contributed by atoms with E-state index >= 15 is 0 Å². The second-order valence-electron chi connectivity index (χ2n) is 13.8. The highest BCUT2D eigenvalue weighted by molar-refractivity contribution is 6.36. The van der Waals surface area contributed by atoms with Gasteiger partial charge in [-0.3, -0.25) is 4.79 Å². The van der Waals surface area contributed by atoms with Crippen LogP contribution in [0.1, 0.15) is 49.8 Å². The standard InChI is InChI=1S/C37H44ClN7O2/c1-3-33(46)45-22-21-44(24-27(45)13-17-39)35-29-12-14-37(23-31(29)40-36(41-35)47-25-28-9-6-18-42(28)2)15-19-43(20-16-37)32-11-5-8-26-7-4-10-30(38)34(26)32/h3-5,7-8,10-11,27-28H,1,6,9,12-16,18-25H2,2H3. The van der Waals surface area contributed by atoms with E-state index in [1.165, 1.54) is 29.1 Å². The van der Waals surface area contributed by atoms with Crippen LogP contribution in [0.3, 0.4) is 0 Å². The summed E-state index contributed by atoms with van der Waals surface area (Å²) in [4.78, 5) is 31.7. The van der Waals surface area contributed by atoms with E-state index < -0.39 is 0 Å². The van der Waals surface area contributed by atoms with Gasteiger partial charge in [-0.1, -0.05) is 42.4 Å². The number of nitriles is 1. The molecular formula is C37H44ClN7O2. The summed E-state index contributed by atoms with van der Waals surface area (Å²) in [6, 6.07) is 15.5. The number of likely N-dealkylation sites (N-methyl/N-ethyl adjacent to an activating group) is 1. The Morgan fingerprint density at radius 2 is 1.89 bits per heavy atom. The number of benzene rings is 2. The number of aromatic nitrogens is 2. The lowest BCUT2D eigenvalue weighted by atomic mass is 9.67. The number of anilines is 2. The first-order valence-electron chi connectivity index (χ1n) is 17.1. The Morgan fingerprint density at radius 3 is 2.64 bits per heavy atom.